The number of benzene rings is 1. The van der Waals surface area contributed by atoms with Crippen molar-refractivity contribution in [2.45, 2.75) is 39.5 Å². The van der Waals surface area contributed by atoms with Crippen LogP contribution in [-0.4, -0.2) is 42.9 Å². The summed E-state index contributed by atoms with van der Waals surface area (Å²) in [5, 5.41) is 3.58. The third kappa shape index (κ3) is 4.87. The van der Waals surface area contributed by atoms with Crippen LogP contribution >= 0.6 is 11.6 Å². The van der Waals surface area contributed by atoms with E-state index in [1.54, 1.807) is 6.07 Å². The molecule has 0 aromatic heterocycles. The summed E-state index contributed by atoms with van der Waals surface area (Å²) in [4.78, 5) is 28.0. The van der Waals surface area contributed by atoms with Gasteiger partial charge >= 0.3 is 0 Å². The van der Waals surface area contributed by atoms with Crippen molar-refractivity contribution >= 4 is 34.8 Å². The van der Waals surface area contributed by atoms with E-state index in [1.807, 2.05) is 24.0 Å². The second-order valence-electron chi connectivity index (χ2n) is 6.03. The van der Waals surface area contributed by atoms with E-state index in [4.69, 9.17) is 11.6 Å². The molecule has 0 unspecified atom stereocenters. The third-order valence-electron chi connectivity index (χ3n) is 4.27. The molecular formula is C18H26ClN3O2. The lowest BCUT2D eigenvalue weighted by Gasteiger charge is -2.37. The SMILES string of the molecule is CCCCC(=O)Nc1cc(Cl)ccc1N1CCN(C(=O)CC)CC1. The summed E-state index contributed by atoms with van der Waals surface area (Å²) < 4.78 is 0. The van der Waals surface area contributed by atoms with E-state index < -0.39 is 0 Å². The van der Waals surface area contributed by atoms with Crippen molar-refractivity contribution in [1.29, 1.82) is 0 Å². The molecule has 2 amide bonds. The maximum atomic E-state index is 12.1. The maximum absolute atomic E-state index is 12.1. The first-order valence-corrected chi connectivity index (χ1v) is 9.05. The molecule has 0 radical (unpaired) electrons. The van der Waals surface area contributed by atoms with E-state index in [0.717, 1.165) is 37.3 Å². The standard InChI is InChI=1S/C18H26ClN3O2/c1-3-5-6-17(23)20-15-13-14(19)7-8-16(15)21-9-11-22(12-10-21)18(24)4-2/h7-8,13H,3-6,9-12H2,1-2H3,(H,20,23). The Bertz CT molecular complexity index is 584. The molecule has 1 heterocycles. The summed E-state index contributed by atoms with van der Waals surface area (Å²) in [5.74, 6) is 0.207. The number of amides is 2. The largest absolute Gasteiger partial charge is 0.366 e. The van der Waals surface area contributed by atoms with Gasteiger partial charge in [0.25, 0.3) is 0 Å². The zero-order valence-electron chi connectivity index (χ0n) is 14.5. The molecule has 0 spiro atoms. The van der Waals surface area contributed by atoms with Crippen molar-refractivity contribution < 1.29 is 9.59 Å². The number of nitrogens with one attached hydrogen (secondary N) is 1. The molecule has 1 aromatic carbocycles. The predicted molar refractivity (Wildman–Crippen MR) is 98.7 cm³/mol. The van der Waals surface area contributed by atoms with Crippen LogP contribution in [0.5, 0.6) is 0 Å². The molecule has 2 rings (SSSR count). The van der Waals surface area contributed by atoms with Crippen molar-refractivity contribution in [3.8, 4) is 0 Å². The zero-order chi connectivity index (χ0) is 17.5. The molecule has 0 aliphatic carbocycles. The summed E-state index contributed by atoms with van der Waals surface area (Å²) in [6, 6.07) is 5.57. The van der Waals surface area contributed by atoms with Crippen molar-refractivity contribution in [3.05, 3.63) is 23.2 Å². The number of piperazine rings is 1. The van der Waals surface area contributed by atoms with Crippen LogP contribution in [0, 0.1) is 0 Å². The van der Waals surface area contributed by atoms with Gasteiger partial charge in [-0.25, -0.2) is 0 Å². The quantitative estimate of drug-likeness (QED) is 0.853. The molecule has 0 atom stereocenters. The normalized spacial score (nSPS) is 14.6. The number of carbonyl (C=O) groups is 2. The summed E-state index contributed by atoms with van der Waals surface area (Å²) in [6.45, 7) is 6.88. The van der Waals surface area contributed by atoms with Gasteiger partial charge in [-0.05, 0) is 24.6 Å². The second-order valence-corrected chi connectivity index (χ2v) is 6.47. The number of anilines is 2. The monoisotopic (exact) mass is 351 g/mol. The minimum absolute atomic E-state index is 0.0140. The Kier molecular flexibility index (Phi) is 6.91. The average Bonchev–Trinajstić information content (AvgIpc) is 2.59. The molecule has 0 bridgehead atoms. The van der Waals surface area contributed by atoms with Crippen LogP contribution in [0.4, 0.5) is 11.4 Å². The van der Waals surface area contributed by atoms with Gasteiger partial charge in [0.05, 0.1) is 11.4 Å². The molecule has 5 nitrogen and oxygen atoms in total. The van der Waals surface area contributed by atoms with Crippen LogP contribution in [-0.2, 0) is 9.59 Å². The van der Waals surface area contributed by atoms with Gasteiger partial charge in [0.15, 0.2) is 0 Å². The van der Waals surface area contributed by atoms with E-state index in [-0.39, 0.29) is 11.8 Å². The van der Waals surface area contributed by atoms with Crippen LogP contribution in [0.1, 0.15) is 39.5 Å². The van der Waals surface area contributed by atoms with Gasteiger partial charge in [-0.2, -0.15) is 0 Å². The lowest BCUT2D eigenvalue weighted by atomic mass is 10.2. The average molecular weight is 352 g/mol. The van der Waals surface area contributed by atoms with Gasteiger partial charge < -0.3 is 15.1 Å². The Hall–Kier alpha value is -1.75. The number of carbonyl (C=O) groups excluding carboxylic acids is 2. The Balaban J connectivity index is 2.07. The van der Waals surface area contributed by atoms with E-state index in [9.17, 15) is 9.59 Å². The number of unbranched alkanes of at least 4 members (excludes halogenated alkanes) is 1. The summed E-state index contributed by atoms with van der Waals surface area (Å²) in [7, 11) is 0. The molecule has 1 N–H and O–H groups in total. The minimum Gasteiger partial charge on any atom is -0.366 e. The summed E-state index contributed by atoms with van der Waals surface area (Å²) in [5.41, 5.74) is 1.71. The van der Waals surface area contributed by atoms with E-state index >= 15 is 0 Å². The Morgan fingerprint density at radius 3 is 2.50 bits per heavy atom. The first-order valence-electron chi connectivity index (χ1n) is 8.67. The molecule has 24 heavy (non-hydrogen) atoms. The van der Waals surface area contributed by atoms with Crippen LogP contribution in [0.3, 0.4) is 0 Å². The number of nitrogens with zero attached hydrogens (tertiary/aromatic N) is 2. The molecule has 132 valence electrons. The highest BCUT2D eigenvalue weighted by Gasteiger charge is 2.22. The molecule has 0 saturated carbocycles. The van der Waals surface area contributed by atoms with E-state index in [1.165, 1.54) is 0 Å². The first kappa shape index (κ1) is 18.6. The Labute approximate surface area is 149 Å². The highest BCUT2D eigenvalue weighted by molar-refractivity contribution is 6.31. The van der Waals surface area contributed by atoms with Gasteiger partial charge in [-0.3, -0.25) is 9.59 Å². The van der Waals surface area contributed by atoms with Crippen LogP contribution in [0.25, 0.3) is 0 Å². The third-order valence-corrected chi connectivity index (χ3v) is 4.50. The molecular weight excluding hydrogens is 326 g/mol. The Morgan fingerprint density at radius 1 is 1.17 bits per heavy atom. The van der Waals surface area contributed by atoms with Gasteiger partial charge in [0.1, 0.15) is 0 Å². The van der Waals surface area contributed by atoms with Crippen LogP contribution in [0.15, 0.2) is 18.2 Å². The molecule has 1 aliphatic heterocycles. The topological polar surface area (TPSA) is 52.7 Å². The molecule has 1 aromatic rings. The smallest absolute Gasteiger partial charge is 0.224 e. The van der Waals surface area contributed by atoms with Crippen molar-refractivity contribution in [2.24, 2.45) is 0 Å². The van der Waals surface area contributed by atoms with E-state index in [0.29, 0.717) is 31.0 Å². The van der Waals surface area contributed by atoms with Gasteiger partial charge in [-0.15, -0.1) is 0 Å². The second kappa shape index (κ2) is 8.92. The van der Waals surface area contributed by atoms with Crippen molar-refractivity contribution in [1.82, 2.24) is 4.90 Å². The molecule has 1 saturated heterocycles. The van der Waals surface area contributed by atoms with Gasteiger partial charge in [-0.1, -0.05) is 31.9 Å². The lowest BCUT2D eigenvalue weighted by molar-refractivity contribution is -0.131. The highest BCUT2D eigenvalue weighted by atomic mass is 35.5. The number of hydrogen-bond acceptors (Lipinski definition) is 3. The number of hydrogen-bond donors (Lipinski definition) is 1. The fourth-order valence-electron chi connectivity index (χ4n) is 2.85. The number of halogens is 1. The molecule has 1 aliphatic rings. The zero-order valence-corrected chi connectivity index (χ0v) is 15.2. The summed E-state index contributed by atoms with van der Waals surface area (Å²) in [6.07, 6.45) is 2.92. The molecule has 6 heteroatoms. The predicted octanol–water partition coefficient (Wildman–Crippen LogP) is 3.53. The minimum atomic E-state index is 0.0140. The number of rotatable bonds is 6. The van der Waals surface area contributed by atoms with Crippen LogP contribution < -0.4 is 10.2 Å². The highest BCUT2D eigenvalue weighted by Crippen LogP contribution is 2.30. The fraction of sp³-hybridized carbons (Fsp3) is 0.556. The Morgan fingerprint density at radius 2 is 1.88 bits per heavy atom. The molecule has 1 fully saturated rings. The van der Waals surface area contributed by atoms with E-state index in [2.05, 4.69) is 17.1 Å². The van der Waals surface area contributed by atoms with Gasteiger partial charge in [0, 0.05) is 44.0 Å². The van der Waals surface area contributed by atoms with Gasteiger partial charge in [0.2, 0.25) is 11.8 Å². The van der Waals surface area contributed by atoms with Crippen molar-refractivity contribution in [3.63, 3.8) is 0 Å². The lowest BCUT2D eigenvalue weighted by Crippen LogP contribution is -2.48. The van der Waals surface area contributed by atoms with Crippen LogP contribution in [0.2, 0.25) is 5.02 Å². The summed E-state index contributed by atoms with van der Waals surface area (Å²) >= 11 is 6.10. The van der Waals surface area contributed by atoms with Crippen molar-refractivity contribution in [2.75, 3.05) is 36.4 Å². The first-order chi connectivity index (χ1) is 11.5. The fourth-order valence-corrected chi connectivity index (χ4v) is 3.03. The maximum Gasteiger partial charge on any atom is 0.224 e.